The number of pyridine rings is 1. The van der Waals surface area contributed by atoms with Crippen LogP contribution in [0.15, 0.2) is 48.9 Å². The Morgan fingerprint density at radius 2 is 2.15 bits per heavy atom. The fourth-order valence-corrected chi connectivity index (χ4v) is 2.54. The van der Waals surface area contributed by atoms with Crippen LogP contribution in [-0.4, -0.2) is 34.6 Å². The number of anilines is 1. The van der Waals surface area contributed by atoms with Gasteiger partial charge in [0.1, 0.15) is 12.4 Å². The van der Waals surface area contributed by atoms with Crippen molar-refractivity contribution in [1.29, 1.82) is 0 Å². The molecule has 0 saturated carbocycles. The predicted octanol–water partition coefficient (Wildman–Crippen LogP) is 1.28. The molecule has 3 rings (SSSR count). The highest BCUT2D eigenvalue weighted by Crippen LogP contribution is 2.17. The lowest BCUT2D eigenvalue weighted by molar-refractivity contribution is -0.122. The van der Waals surface area contributed by atoms with Crippen LogP contribution in [0.1, 0.15) is 6.42 Å². The van der Waals surface area contributed by atoms with E-state index < -0.39 is 0 Å². The summed E-state index contributed by atoms with van der Waals surface area (Å²) in [5, 5.41) is 3.09. The summed E-state index contributed by atoms with van der Waals surface area (Å²) in [7, 11) is 0. The van der Waals surface area contributed by atoms with Crippen LogP contribution < -0.4 is 10.2 Å². The first-order valence-electron chi connectivity index (χ1n) is 6.87. The summed E-state index contributed by atoms with van der Waals surface area (Å²) in [6, 6.07) is 9.96. The second-order valence-electron chi connectivity index (χ2n) is 5.04. The highest BCUT2D eigenvalue weighted by atomic mass is 16.2. The van der Waals surface area contributed by atoms with Crippen molar-refractivity contribution in [3.8, 4) is 0 Å². The van der Waals surface area contributed by atoms with Crippen LogP contribution in [0, 0.1) is 0 Å². The highest BCUT2D eigenvalue weighted by Gasteiger charge is 2.24. The molecule has 20 heavy (non-hydrogen) atoms. The number of carbonyl (C=O) groups is 1. The quantitative estimate of drug-likeness (QED) is 0.910. The van der Waals surface area contributed by atoms with Crippen LogP contribution in [-0.2, 0) is 11.3 Å². The first kappa shape index (κ1) is 12.7. The summed E-state index contributed by atoms with van der Waals surface area (Å²) in [5.74, 6) is 1.05. The monoisotopic (exact) mass is 270 g/mol. The first-order valence-corrected chi connectivity index (χ1v) is 6.87. The standard InChI is InChI=1S/C15H18N4O/c20-15(12-18-8-3-4-9-18)17-13-6-10-19(11-13)14-5-1-2-7-16-14/h1-5,7-9,13H,6,10-12H2,(H,17,20)/t13-/m0/s1. The van der Waals surface area contributed by atoms with Gasteiger partial charge < -0.3 is 14.8 Å². The van der Waals surface area contributed by atoms with E-state index in [4.69, 9.17) is 0 Å². The van der Waals surface area contributed by atoms with Gasteiger partial charge in [-0.3, -0.25) is 4.79 Å². The number of aromatic nitrogens is 2. The van der Waals surface area contributed by atoms with E-state index in [1.165, 1.54) is 0 Å². The molecule has 1 fully saturated rings. The lowest BCUT2D eigenvalue weighted by Crippen LogP contribution is -2.38. The van der Waals surface area contributed by atoms with E-state index in [1.807, 2.05) is 47.3 Å². The van der Waals surface area contributed by atoms with Crippen molar-refractivity contribution in [3.05, 3.63) is 48.9 Å². The van der Waals surface area contributed by atoms with Crippen LogP contribution in [0.5, 0.6) is 0 Å². The van der Waals surface area contributed by atoms with E-state index in [2.05, 4.69) is 15.2 Å². The molecule has 1 N–H and O–H groups in total. The molecule has 0 aliphatic carbocycles. The smallest absolute Gasteiger partial charge is 0.240 e. The third-order valence-electron chi connectivity index (χ3n) is 3.52. The zero-order chi connectivity index (χ0) is 13.8. The van der Waals surface area contributed by atoms with Crippen molar-refractivity contribution < 1.29 is 4.79 Å². The summed E-state index contributed by atoms with van der Waals surface area (Å²) in [4.78, 5) is 18.5. The van der Waals surface area contributed by atoms with Crippen molar-refractivity contribution in [3.63, 3.8) is 0 Å². The molecule has 1 amide bonds. The summed E-state index contributed by atoms with van der Waals surface area (Å²) in [6.45, 7) is 2.15. The van der Waals surface area contributed by atoms with E-state index in [1.54, 1.807) is 6.20 Å². The van der Waals surface area contributed by atoms with Crippen molar-refractivity contribution in [2.24, 2.45) is 0 Å². The Balaban J connectivity index is 1.52. The zero-order valence-electron chi connectivity index (χ0n) is 11.3. The number of hydrogen-bond donors (Lipinski definition) is 1. The molecule has 1 atom stereocenters. The fraction of sp³-hybridized carbons (Fsp3) is 0.333. The third-order valence-corrected chi connectivity index (χ3v) is 3.52. The van der Waals surface area contributed by atoms with Gasteiger partial charge in [0.2, 0.25) is 5.91 Å². The van der Waals surface area contributed by atoms with Gasteiger partial charge in [-0.2, -0.15) is 0 Å². The van der Waals surface area contributed by atoms with Gasteiger partial charge in [-0.25, -0.2) is 4.98 Å². The molecular weight excluding hydrogens is 252 g/mol. The maximum atomic E-state index is 11.9. The molecule has 1 aliphatic rings. The number of nitrogens with zero attached hydrogens (tertiary/aromatic N) is 3. The first-order chi connectivity index (χ1) is 9.81. The lowest BCUT2D eigenvalue weighted by Gasteiger charge is -2.17. The summed E-state index contributed by atoms with van der Waals surface area (Å²) >= 11 is 0. The second-order valence-corrected chi connectivity index (χ2v) is 5.04. The second kappa shape index (κ2) is 5.77. The summed E-state index contributed by atoms with van der Waals surface area (Å²) < 4.78 is 1.88. The van der Waals surface area contributed by atoms with Crippen molar-refractivity contribution in [2.45, 2.75) is 19.0 Å². The average molecular weight is 270 g/mol. The van der Waals surface area contributed by atoms with E-state index in [0.29, 0.717) is 6.54 Å². The maximum absolute atomic E-state index is 11.9. The SMILES string of the molecule is O=C(Cn1cccc1)N[C@H]1CCN(c2ccccn2)C1. The molecule has 2 aromatic heterocycles. The molecule has 104 valence electrons. The van der Waals surface area contributed by atoms with Gasteiger partial charge >= 0.3 is 0 Å². The molecule has 1 aliphatic heterocycles. The fourth-order valence-electron chi connectivity index (χ4n) is 2.54. The topological polar surface area (TPSA) is 50.2 Å². The van der Waals surface area contributed by atoms with Crippen LogP contribution in [0.2, 0.25) is 0 Å². The van der Waals surface area contributed by atoms with Gasteiger partial charge in [0.25, 0.3) is 0 Å². The Hall–Kier alpha value is -2.30. The normalized spacial score (nSPS) is 18.2. The number of hydrogen-bond acceptors (Lipinski definition) is 3. The molecule has 0 unspecified atom stereocenters. The van der Waals surface area contributed by atoms with Gasteiger partial charge in [0.05, 0.1) is 0 Å². The molecule has 2 aromatic rings. The number of carbonyl (C=O) groups excluding carboxylic acids is 1. The van der Waals surface area contributed by atoms with Crippen LogP contribution in [0.3, 0.4) is 0 Å². The number of nitrogens with one attached hydrogen (secondary N) is 1. The molecule has 0 aromatic carbocycles. The van der Waals surface area contributed by atoms with Gasteiger partial charge in [0.15, 0.2) is 0 Å². The predicted molar refractivity (Wildman–Crippen MR) is 77.4 cm³/mol. The Morgan fingerprint density at radius 1 is 1.30 bits per heavy atom. The zero-order valence-corrected chi connectivity index (χ0v) is 11.3. The molecule has 0 spiro atoms. The third kappa shape index (κ3) is 2.99. The van der Waals surface area contributed by atoms with Crippen LogP contribution in [0.4, 0.5) is 5.82 Å². The van der Waals surface area contributed by atoms with Crippen molar-refractivity contribution in [2.75, 3.05) is 18.0 Å². The lowest BCUT2D eigenvalue weighted by atomic mass is 10.2. The number of amides is 1. The van der Waals surface area contributed by atoms with Crippen LogP contribution in [0.25, 0.3) is 0 Å². The van der Waals surface area contributed by atoms with Crippen LogP contribution >= 0.6 is 0 Å². The van der Waals surface area contributed by atoms with E-state index >= 15 is 0 Å². The Labute approximate surface area is 118 Å². The van der Waals surface area contributed by atoms with Gasteiger partial charge in [0, 0.05) is 37.7 Å². The Bertz CT molecular complexity index is 553. The average Bonchev–Trinajstić information content (AvgIpc) is 3.11. The van der Waals surface area contributed by atoms with E-state index in [0.717, 1.165) is 25.3 Å². The van der Waals surface area contributed by atoms with E-state index in [9.17, 15) is 4.79 Å². The molecule has 5 heteroatoms. The highest BCUT2D eigenvalue weighted by molar-refractivity contribution is 5.76. The molecule has 0 radical (unpaired) electrons. The minimum absolute atomic E-state index is 0.0640. The molecular formula is C15H18N4O. The maximum Gasteiger partial charge on any atom is 0.240 e. The van der Waals surface area contributed by atoms with Crippen molar-refractivity contribution in [1.82, 2.24) is 14.9 Å². The van der Waals surface area contributed by atoms with Gasteiger partial charge in [-0.1, -0.05) is 6.07 Å². The van der Waals surface area contributed by atoms with Gasteiger partial charge in [-0.05, 0) is 30.7 Å². The number of rotatable bonds is 4. The Morgan fingerprint density at radius 3 is 2.90 bits per heavy atom. The van der Waals surface area contributed by atoms with Gasteiger partial charge in [-0.15, -0.1) is 0 Å². The molecule has 1 saturated heterocycles. The molecule has 0 bridgehead atoms. The summed E-state index contributed by atoms with van der Waals surface area (Å²) in [6.07, 6.45) is 6.56. The summed E-state index contributed by atoms with van der Waals surface area (Å²) in [5.41, 5.74) is 0. The minimum Gasteiger partial charge on any atom is -0.354 e. The largest absolute Gasteiger partial charge is 0.354 e. The minimum atomic E-state index is 0.0640. The van der Waals surface area contributed by atoms with Crippen molar-refractivity contribution >= 4 is 11.7 Å². The molecule has 5 nitrogen and oxygen atoms in total. The Kier molecular flexibility index (Phi) is 3.67. The molecule has 3 heterocycles. The van der Waals surface area contributed by atoms with E-state index in [-0.39, 0.29) is 11.9 Å².